The summed E-state index contributed by atoms with van der Waals surface area (Å²) < 4.78 is 38.7. The van der Waals surface area contributed by atoms with Gasteiger partial charge in [0.25, 0.3) is 0 Å². The summed E-state index contributed by atoms with van der Waals surface area (Å²) in [7, 11) is 2.23. The van der Waals surface area contributed by atoms with E-state index in [1.165, 1.54) is 0 Å². The summed E-state index contributed by atoms with van der Waals surface area (Å²) in [6.45, 7) is 2.84. The van der Waals surface area contributed by atoms with Crippen LogP contribution >= 0.6 is 0 Å². The van der Waals surface area contributed by atoms with Crippen molar-refractivity contribution in [3.63, 3.8) is 0 Å². The third-order valence-electron chi connectivity index (χ3n) is 3.81. The molecule has 0 saturated carbocycles. The second-order valence-electron chi connectivity index (χ2n) is 7.70. The summed E-state index contributed by atoms with van der Waals surface area (Å²) >= 11 is 0. The van der Waals surface area contributed by atoms with Gasteiger partial charge < -0.3 is 35.5 Å². The number of hydrogen-bond acceptors (Lipinski definition) is 9. The third kappa shape index (κ3) is 14.6. The number of amides is 1. The number of alkyl halides is 2. The first-order chi connectivity index (χ1) is 15.1. The topological polar surface area (TPSA) is 192 Å². The molecule has 4 atom stereocenters. The van der Waals surface area contributed by atoms with Crippen LogP contribution in [0.25, 0.3) is 0 Å². The van der Waals surface area contributed by atoms with Crippen LogP contribution in [0.2, 0.25) is 0 Å². The Bertz CT molecular complexity index is 669. The van der Waals surface area contributed by atoms with Crippen molar-refractivity contribution >= 4 is 30.0 Å². The number of methoxy groups -OCH3 is 2. The minimum Gasteiger partial charge on any atom is -0.481 e. The molecule has 0 rings (SSSR count). The van der Waals surface area contributed by atoms with Crippen molar-refractivity contribution in [2.45, 2.75) is 51.3 Å². The summed E-state index contributed by atoms with van der Waals surface area (Å²) in [6, 6.07) is -2.52. The number of hydrogen-bond donors (Lipinski definition) is 4. The molecule has 0 aromatic heterocycles. The highest BCUT2D eigenvalue weighted by Gasteiger charge is 2.31. The number of halogens is 2. The van der Waals surface area contributed by atoms with E-state index < -0.39 is 72.8 Å². The fraction of sp³-hybridized carbons (Fsp3) is 0.737. The molecule has 1 amide bonds. The van der Waals surface area contributed by atoms with Gasteiger partial charge in [-0.15, -0.1) is 0 Å². The zero-order valence-electron chi connectivity index (χ0n) is 19.1. The molecule has 192 valence electrons. The molecule has 0 aliphatic rings. The first kappa shape index (κ1) is 32.2. The van der Waals surface area contributed by atoms with Crippen LogP contribution in [0.1, 0.15) is 33.6 Å². The van der Waals surface area contributed by atoms with Gasteiger partial charge in [0, 0.05) is 0 Å². The number of carbonyl (C=O) groups is 5. The minimum atomic E-state index is -1.37. The molecular weight excluding hydrogens is 452 g/mol. The summed E-state index contributed by atoms with van der Waals surface area (Å²) in [4.78, 5) is 54.9. The first-order valence-electron chi connectivity index (χ1n) is 9.61. The maximum absolute atomic E-state index is 12.8. The van der Waals surface area contributed by atoms with Gasteiger partial charge in [-0.1, -0.05) is 0 Å². The number of nitrogens with two attached hydrogens (primary N) is 1. The quantitative estimate of drug-likeness (QED) is 0.238. The van der Waals surface area contributed by atoms with Crippen molar-refractivity contribution in [1.29, 1.82) is 0 Å². The molecule has 0 spiro atoms. The van der Waals surface area contributed by atoms with Crippen LogP contribution in [-0.4, -0.2) is 85.4 Å². The van der Waals surface area contributed by atoms with Crippen LogP contribution in [0.15, 0.2) is 0 Å². The number of carboxylic acid groups (broad SMARTS) is 2. The van der Waals surface area contributed by atoms with E-state index in [4.69, 9.17) is 20.7 Å². The summed E-state index contributed by atoms with van der Waals surface area (Å²) in [5.41, 5.74) is 4.24. The molecule has 14 heteroatoms. The molecule has 5 N–H and O–H groups in total. The van der Waals surface area contributed by atoms with Crippen LogP contribution in [-0.2, 0) is 33.4 Å². The van der Waals surface area contributed by atoms with Gasteiger partial charge in [-0.3, -0.25) is 23.2 Å². The maximum atomic E-state index is 12.8. The lowest BCUT2D eigenvalue weighted by Crippen LogP contribution is -2.46. The number of rotatable bonds is 11. The number of ether oxygens (including phenoxy) is 3. The Morgan fingerprint density at radius 1 is 0.879 bits per heavy atom. The van der Waals surface area contributed by atoms with Gasteiger partial charge >= 0.3 is 30.0 Å². The highest BCUT2D eigenvalue weighted by atomic mass is 18.2. The largest absolute Gasteiger partial charge is 0.481 e. The monoisotopic (exact) mass is 484 g/mol. The van der Waals surface area contributed by atoms with Gasteiger partial charge in [-0.05, 0) is 33.6 Å². The third-order valence-corrected chi connectivity index (χ3v) is 3.81. The minimum absolute atomic E-state index is 0.283. The Morgan fingerprint density at radius 3 is 1.70 bits per heavy atom. The lowest BCUT2D eigenvalue weighted by molar-refractivity contribution is -0.149. The second kappa shape index (κ2) is 15.7. The molecule has 4 unspecified atom stereocenters. The van der Waals surface area contributed by atoms with Crippen LogP contribution < -0.4 is 11.1 Å². The van der Waals surface area contributed by atoms with E-state index in [-0.39, 0.29) is 12.8 Å². The van der Waals surface area contributed by atoms with Crippen molar-refractivity contribution in [3.05, 3.63) is 0 Å². The molecule has 0 radical (unpaired) electrons. The summed E-state index contributed by atoms with van der Waals surface area (Å²) in [5.74, 6) is -6.80. The highest BCUT2D eigenvalue weighted by Crippen LogP contribution is 2.13. The predicted molar refractivity (Wildman–Crippen MR) is 109 cm³/mol. The molecule has 33 heavy (non-hydrogen) atoms. The Hall–Kier alpha value is -3.03. The van der Waals surface area contributed by atoms with Crippen molar-refractivity contribution in [3.8, 4) is 0 Å². The van der Waals surface area contributed by atoms with Gasteiger partial charge in [0.15, 0.2) is 0 Å². The van der Waals surface area contributed by atoms with E-state index >= 15 is 0 Å². The smallest absolute Gasteiger partial charge is 0.408 e. The molecule has 0 aliphatic carbocycles. The Labute approximate surface area is 189 Å². The number of carbonyl (C=O) groups excluding carboxylic acids is 3. The van der Waals surface area contributed by atoms with Gasteiger partial charge in [0.05, 0.1) is 26.1 Å². The lowest BCUT2D eigenvalue weighted by Gasteiger charge is -2.23. The molecule has 0 saturated heterocycles. The van der Waals surface area contributed by atoms with Crippen LogP contribution in [0.5, 0.6) is 0 Å². The number of nitrogens with one attached hydrogen (secondary N) is 1. The fourth-order valence-electron chi connectivity index (χ4n) is 2.12. The van der Waals surface area contributed by atoms with Gasteiger partial charge in [0.2, 0.25) is 0 Å². The molecule has 0 fully saturated rings. The fourth-order valence-corrected chi connectivity index (χ4v) is 2.12. The molecular formula is C19H32F2N2O10. The van der Waals surface area contributed by atoms with Gasteiger partial charge in [-0.25, -0.2) is 9.59 Å². The number of alkyl carbamates (subject to hydrolysis) is 1. The van der Waals surface area contributed by atoms with E-state index in [2.05, 4.69) is 14.8 Å². The zero-order chi connectivity index (χ0) is 26.4. The van der Waals surface area contributed by atoms with Crippen LogP contribution in [0, 0.1) is 11.8 Å². The molecule has 0 aliphatic heterocycles. The Kier molecular flexibility index (Phi) is 15.3. The number of carboxylic acids is 2. The zero-order valence-corrected chi connectivity index (χ0v) is 19.1. The van der Waals surface area contributed by atoms with Crippen molar-refractivity contribution < 1.29 is 57.2 Å². The standard InChI is InChI=1S/C13H22FNO6.C6H10FNO4/c1-13(2,3)21-12(18)15-9(11(17)20-5)6-8(7-14)10(16)19-4;7-2-3(5(9)10)1-4(8)6(11)12/h8-9H,6-7H2,1-5H3,(H,15,18);3-4H,1-2,8H2,(H,9,10)(H,11,12)/i14-1;7-1. The average Bonchev–Trinajstić information content (AvgIpc) is 2.72. The van der Waals surface area contributed by atoms with Crippen molar-refractivity contribution in [2.75, 3.05) is 27.6 Å². The molecule has 12 nitrogen and oxygen atoms in total. The van der Waals surface area contributed by atoms with Crippen LogP contribution in [0.3, 0.4) is 0 Å². The Morgan fingerprint density at radius 2 is 1.36 bits per heavy atom. The molecule has 0 heterocycles. The SMILES string of the molecule is COC(=O)C(C[18F])CC(NC(=O)OC(C)(C)C)C(=O)OC.NC(CC(C[18F])C(=O)O)C(=O)O. The van der Waals surface area contributed by atoms with Crippen molar-refractivity contribution in [2.24, 2.45) is 17.6 Å². The Balaban J connectivity index is 0. The number of esters is 2. The first-order valence-corrected chi connectivity index (χ1v) is 9.61. The van der Waals surface area contributed by atoms with E-state index in [1.807, 2.05) is 0 Å². The van der Waals surface area contributed by atoms with E-state index in [1.54, 1.807) is 20.8 Å². The normalized spacial score (nSPS) is 14.3. The molecule has 0 aromatic rings. The molecule has 0 bridgehead atoms. The van der Waals surface area contributed by atoms with E-state index in [0.717, 1.165) is 14.2 Å². The summed E-state index contributed by atoms with van der Waals surface area (Å²) in [6.07, 6.45) is -1.53. The van der Waals surface area contributed by atoms with Gasteiger partial charge in [-0.2, -0.15) is 0 Å². The molecule has 0 aromatic carbocycles. The highest BCUT2D eigenvalue weighted by molar-refractivity contribution is 5.82. The predicted octanol–water partition coefficient (Wildman–Crippen LogP) is 0.660. The summed E-state index contributed by atoms with van der Waals surface area (Å²) in [5, 5.41) is 18.8. The lowest BCUT2D eigenvalue weighted by atomic mass is 10.0. The van der Waals surface area contributed by atoms with Gasteiger partial charge in [0.1, 0.15) is 31.0 Å². The van der Waals surface area contributed by atoms with E-state index in [0.29, 0.717) is 0 Å². The van der Waals surface area contributed by atoms with Crippen LogP contribution in [0.4, 0.5) is 13.6 Å². The second-order valence-corrected chi connectivity index (χ2v) is 7.70. The number of aliphatic carboxylic acids is 2. The van der Waals surface area contributed by atoms with E-state index in [9.17, 15) is 32.8 Å². The average molecular weight is 484 g/mol. The maximum Gasteiger partial charge on any atom is 0.408 e. The van der Waals surface area contributed by atoms with Crippen molar-refractivity contribution in [1.82, 2.24) is 5.32 Å².